The zero-order valence-corrected chi connectivity index (χ0v) is 27.6. The molecule has 1 saturated carbocycles. The fourth-order valence-electron chi connectivity index (χ4n) is 6.29. The number of rotatable bonds is 12. The summed E-state index contributed by atoms with van der Waals surface area (Å²) in [6, 6.07) is 12.3. The number of hydrogen-bond acceptors (Lipinski definition) is 11. The molecule has 48 heavy (non-hydrogen) atoms. The van der Waals surface area contributed by atoms with Crippen molar-refractivity contribution in [2.24, 2.45) is 0 Å². The highest BCUT2D eigenvalue weighted by Crippen LogP contribution is 2.35. The van der Waals surface area contributed by atoms with Crippen molar-refractivity contribution in [3.05, 3.63) is 84.6 Å². The molecule has 2 fully saturated rings. The van der Waals surface area contributed by atoms with Gasteiger partial charge >= 0.3 is 0 Å². The van der Waals surface area contributed by atoms with Crippen molar-refractivity contribution in [1.82, 2.24) is 44.4 Å². The Kier molecular flexibility index (Phi) is 10.1. The Morgan fingerprint density at radius 3 is 2.56 bits per heavy atom. The molecule has 1 saturated heterocycles. The fraction of sp³-hybridized carbons (Fsp3) is 0.412. The molecule has 0 bridgehead atoms. The average molecular weight is 671 g/mol. The van der Waals surface area contributed by atoms with E-state index in [0.717, 1.165) is 68.8 Å². The second kappa shape index (κ2) is 15.1. The van der Waals surface area contributed by atoms with Crippen molar-refractivity contribution >= 4 is 23.2 Å². The summed E-state index contributed by atoms with van der Waals surface area (Å²) in [7, 11) is 0. The van der Waals surface area contributed by atoms with E-state index in [1.165, 1.54) is 6.33 Å². The van der Waals surface area contributed by atoms with E-state index in [0.29, 0.717) is 53.5 Å². The Bertz CT molecular complexity index is 1740. The van der Waals surface area contributed by atoms with Gasteiger partial charge in [-0.15, -0.1) is 5.10 Å². The third kappa shape index (κ3) is 7.92. The summed E-state index contributed by atoms with van der Waals surface area (Å²) in [5, 5.41) is 12.9. The van der Waals surface area contributed by atoms with Crippen LogP contribution in [0.15, 0.2) is 73.8 Å². The molecule has 1 atom stereocenters. The van der Waals surface area contributed by atoms with Gasteiger partial charge in [0.25, 0.3) is 5.88 Å². The van der Waals surface area contributed by atoms with Gasteiger partial charge in [-0.3, -0.25) is 14.6 Å². The Balaban J connectivity index is 1.04. The summed E-state index contributed by atoms with van der Waals surface area (Å²) < 4.78 is 21.6. The highest BCUT2D eigenvalue weighted by Gasteiger charge is 2.29. The standard InChI is InChI=1S/C34H39ClN10O3/c1-24(19-44-23-36-22-40-44)48-32-16-25(5-10-30(32)35)26-17-38-34(39-18-26)41-31-20-45(42-33(31)47-21-27-4-2-3-11-37-27)29-8-6-28(7-9-29)43-12-14-46-15-13-43/h2-5,10-11,16-18,20,22-24,28-29H,6-9,12-15,19,21H2,1H3,(H,38,39,41). The first-order chi connectivity index (χ1) is 23.6. The molecule has 5 heterocycles. The minimum atomic E-state index is -0.169. The van der Waals surface area contributed by atoms with Gasteiger partial charge < -0.3 is 19.5 Å². The van der Waals surface area contributed by atoms with E-state index in [1.807, 2.05) is 54.2 Å². The van der Waals surface area contributed by atoms with Crippen LogP contribution in [0.4, 0.5) is 11.6 Å². The fourth-order valence-corrected chi connectivity index (χ4v) is 6.45. The van der Waals surface area contributed by atoms with Gasteiger partial charge in [0.2, 0.25) is 5.95 Å². The maximum Gasteiger partial charge on any atom is 0.257 e. The highest BCUT2D eigenvalue weighted by molar-refractivity contribution is 6.32. The second-order valence-corrected chi connectivity index (χ2v) is 12.6. The maximum atomic E-state index is 6.47. The largest absolute Gasteiger partial charge is 0.487 e. The quantitative estimate of drug-likeness (QED) is 0.178. The van der Waals surface area contributed by atoms with E-state index >= 15 is 0 Å². The third-order valence-corrected chi connectivity index (χ3v) is 9.10. The van der Waals surface area contributed by atoms with E-state index in [1.54, 1.807) is 29.6 Å². The van der Waals surface area contributed by atoms with Gasteiger partial charge in [-0.25, -0.2) is 19.6 Å². The number of morpholine rings is 1. The number of anilines is 2. The average Bonchev–Trinajstić information content (AvgIpc) is 3.79. The molecule has 2 aliphatic rings. The van der Waals surface area contributed by atoms with Crippen LogP contribution in [0.5, 0.6) is 11.6 Å². The number of benzene rings is 1. The van der Waals surface area contributed by atoms with Crippen molar-refractivity contribution in [3.8, 4) is 22.8 Å². The van der Waals surface area contributed by atoms with Gasteiger partial charge in [0.05, 0.1) is 42.7 Å². The molecule has 0 radical (unpaired) electrons. The van der Waals surface area contributed by atoms with E-state index in [4.69, 9.17) is 30.9 Å². The molecular formula is C34H39ClN10O3. The van der Waals surface area contributed by atoms with Crippen LogP contribution in [-0.2, 0) is 17.9 Å². The summed E-state index contributed by atoms with van der Waals surface area (Å²) >= 11 is 6.47. The molecule has 14 heteroatoms. The van der Waals surface area contributed by atoms with E-state index in [-0.39, 0.29) is 6.10 Å². The Morgan fingerprint density at radius 2 is 1.81 bits per heavy atom. The summed E-state index contributed by atoms with van der Waals surface area (Å²) in [4.78, 5) is 20.2. The predicted octanol–water partition coefficient (Wildman–Crippen LogP) is 5.59. The number of nitrogens with one attached hydrogen (secondary N) is 1. The Morgan fingerprint density at radius 1 is 1.00 bits per heavy atom. The normalized spacial score (nSPS) is 19.1. The van der Waals surface area contributed by atoms with Crippen LogP contribution in [0.25, 0.3) is 11.1 Å². The molecule has 1 unspecified atom stereocenters. The minimum Gasteiger partial charge on any atom is -0.487 e. The Labute approximate surface area is 284 Å². The molecule has 7 rings (SSSR count). The third-order valence-electron chi connectivity index (χ3n) is 8.79. The molecule has 1 aromatic carbocycles. The molecule has 1 aliphatic heterocycles. The zero-order chi connectivity index (χ0) is 32.7. The molecular weight excluding hydrogens is 632 g/mol. The van der Waals surface area contributed by atoms with Crippen LogP contribution in [0.2, 0.25) is 5.02 Å². The number of aromatic nitrogens is 8. The second-order valence-electron chi connectivity index (χ2n) is 12.2. The monoisotopic (exact) mass is 670 g/mol. The Hall–Kier alpha value is -4.59. The van der Waals surface area contributed by atoms with Crippen LogP contribution in [0, 0.1) is 0 Å². The zero-order valence-electron chi connectivity index (χ0n) is 26.9. The van der Waals surface area contributed by atoms with Gasteiger partial charge in [-0.05, 0) is 62.4 Å². The van der Waals surface area contributed by atoms with Gasteiger partial charge in [-0.1, -0.05) is 23.7 Å². The van der Waals surface area contributed by atoms with Gasteiger partial charge in [-0.2, -0.15) is 5.10 Å². The molecule has 4 aromatic heterocycles. The topological polar surface area (TPSA) is 130 Å². The first kappa shape index (κ1) is 32.0. The summed E-state index contributed by atoms with van der Waals surface area (Å²) in [6.07, 6.45) is 14.7. The first-order valence-corrected chi connectivity index (χ1v) is 16.8. The van der Waals surface area contributed by atoms with Crippen molar-refractivity contribution in [2.45, 2.75) is 63.9 Å². The van der Waals surface area contributed by atoms with Crippen molar-refractivity contribution in [1.29, 1.82) is 0 Å². The first-order valence-electron chi connectivity index (χ1n) is 16.4. The van der Waals surface area contributed by atoms with Crippen LogP contribution in [0.1, 0.15) is 44.3 Å². The summed E-state index contributed by atoms with van der Waals surface area (Å²) in [6.45, 7) is 6.50. The molecule has 5 aromatic rings. The number of halogens is 1. The van der Waals surface area contributed by atoms with Crippen molar-refractivity contribution in [3.63, 3.8) is 0 Å². The van der Waals surface area contributed by atoms with Crippen LogP contribution < -0.4 is 14.8 Å². The summed E-state index contributed by atoms with van der Waals surface area (Å²) in [5.74, 6) is 1.50. The predicted molar refractivity (Wildman–Crippen MR) is 180 cm³/mol. The van der Waals surface area contributed by atoms with E-state index < -0.39 is 0 Å². The SMILES string of the molecule is CC(Cn1cncn1)Oc1cc(-c2cnc(Nc3cn(C4CCC(N5CCOCC5)CC4)nc3OCc3ccccn3)nc2)ccc1Cl. The molecule has 0 amide bonds. The van der Waals surface area contributed by atoms with Crippen LogP contribution in [0.3, 0.4) is 0 Å². The van der Waals surface area contributed by atoms with Crippen LogP contribution in [-0.4, -0.2) is 82.8 Å². The number of nitrogens with zero attached hydrogens (tertiary/aromatic N) is 9. The number of ether oxygens (including phenoxy) is 3. The van der Waals surface area contributed by atoms with Gasteiger partial charge in [0.1, 0.15) is 36.8 Å². The van der Waals surface area contributed by atoms with E-state index in [9.17, 15) is 0 Å². The number of pyridine rings is 1. The molecule has 250 valence electrons. The lowest BCUT2D eigenvalue weighted by Gasteiger charge is -2.38. The molecule has 1 N–H and O–H groups in total. The molecule has 13 nitrogen and oxygen atoms in total. The lowest BCUT2D eigenvalue weighted by atomic mass is 9.90. The summed E-state index contributed by atoms with van der Waals surface area (Å²) in [5.41, 5.74) is 3.24. The lowest BCUT2D eigenvalue weighted by molar-refractivity contribution is 0.00502. The van der Waals surface area contributed by atoms with E-state index in [2.05, 4.69) is 35.3 Å². The lowest BCUT2D eigenvalue weighted by Crippen LogP contribution is -2.45. The highest BCUT2D eigenvalue weighted by atomic mass is 35.5. The van der Waals surface area contributed by atoms with Crippen LogP contribution >= 0.6 is 11.6 Å². The van der Waals surface area contributed by atoms with Crippen molar-refractivity contribution < 1.29 is 14.2 Å². The van der Waals surface area contributed by atoms with Gasteiger partial charge in [0.15, 0.2) is 0 Å². The maximum absolute atomic E-state index is 6.47. The van der Waals surface area contributed by atoms with Gasteiger partial charge in [0, 0.05) is 43.3 Å². The smallest absolute Gasteiger partial charge is 0.257 e. The minimum absolute atomic E-state index is 0.169. The number of hydrogen-bond donors (Lipinski definition) is 1. The molecule has 1 aliphatic carbocycles. The van der Waals surface area contributed by atoms with Crippen molar-refractivity contribution in [2.75, 3.05) is 31.6 Å². The molecule has 0 spiro atoms.